The summed E-state index contributed by atoms with van der Waals surface area (Å²) in [6.07, 6.45) is 1.53. The Morgan fingerprint density at radius 2 is 1.32 bits per heavy atom. The third-order valence-electron chi connectivity index (χ3n) is 6.47. The van der Waals surface area contributed by atoms with E-state index in [0.717, 1.165) is 16.7 Å². The van der Waals surface area contributed by atoms with Gasteiger partial charge in [0.25, 0.3) is 0 Å². The van der Waals surface area contributed by atoms with Gasteiger partial charge in [0, 0.05) is 20.5 Å². The maximum absolute atomic E-state index is 13.4. The molecule has 0 aliphatic carbocycles. The van der Waals surface area contributed by atoms with Crippen LogP contribution < -0.4 is 5.32 Å². The summed E-state index contributed by atoms with van der Waals surface area (Å²) in [5, 5.41) is 2.97. The molecule has 170 valence electrons. The zero-order chi connectivity index (χ0) is 23.7. The number of imidazole rings is 1. The minimum Gasteiger partial charge on any atom is -0.311 e. The van der Waals surface area contributed by atoms with Gasteiger partial charge in [-0.3, -0.25) is 14.5 Å². The number of benzene rings is 3. The van der Waals surface area contributed by atoms with Gasteiger partial charge in [0.05, 0.1) is 11.7 Å². The van der Waals surface area contributed by atoms with E-state index in [4.69, 9.17) is 0 Å². The van der Waals surface area contributed by atoms with Crippen LogP contribution in [0.4, 0.5) is 5.82 Å². The molecule has 0 radical (unpaired) electrons. The van der Waals surface area contributed by atoms with Crippen LogP contribution in [0.5, 0.6) is 0 Å². The first-order valence-corrected chi connectivity index (χ1v) is 11.3. The van der Waals surface area contributed by atoms with Crippen LogP contribution in [0.2, 0.25) is 0 Å². The lowest BCUT2D eigenvalue weighted by molar-refractivity contribution is -0.116. The van der Waals surface area contributed by atoms with Crippen molar-refractivity contribution in [1.29, 1.82) is 0 Å². The van der Waals surface area contributed by atoms with Crippen molar-refractivity contribution in [3.63, 3.8) is 0 Å². The van der Waals surface area contributed by atoms with E-state index in [2.05, 4.69) is 51.6 Å². The molecule has 2 atom stereocenters. The summed E-state index contributed by atoms with van der Waals surface area (Å²) in [4.78, 5) is 31.5. The third-order valence-corrected chi connectivity index (χ3v) is 6.47. The fourth-order valence-corrected chi connectivity index (χ4v) is 4.83. The number of nitrogens with zero attached hydrogens (tertiary/aromatic N) is 3. The van der Waals surface area contributed by atoms with Crippen molar-refractivity contribution in [2.75, 3.05) is 11.9 Å². The first kappa shape index (κ1) is 21.8. The molecule has 0 saturated carbocycles. The number of Topliss-reactive ketones (excluding diaryl/α,β-unsaturated/α-hetero) is 1. The molecule has 1 aliphatic rings. The highest BCUT2D eigenvalue weighted by Gasteiger charge is 2.56. The SMILES string of the molecule is CC(=O)c1ncc(NC(=O)[C@H]2CN2C(c2ccccc2)(c2ccccc2)c2ccccc2)n1C. The van der Waals surface area contributed by atoms with E-state index in [1.165, 1.54) is 13.1 Å². The average Bonchev–Trinajstić information content (AvgIpc) is 3.59. The van der Waals surface area contributed by atoms with Crippen molar-refractivity contribution in [3.05, 3.63) is 120 Å². The van der Waals surface area contributed by atoms with Gasteiger partial charge in [-0.05, 0) is 16.7 Å². The minimum atomic E-state index is -0.622. The van der Waals surface area contributed by atoms with Crippen LogP contribution in [-0.4, -0.2) is 38.7 Å². The smallest absolute Gasteiger partial charge is 0.244 e. The Kier molecular flexibility index (Phi) is 5.59. The molecule has 1 unspecified atom stereocenters. The maximum atomic E-state index is 13.4. The van der Waals surface area contributed by atoms with Gasteiger partial charge in [-0.25, -0.2) is 4.98 Å². The summed E-state index contributed by atoms with van der Waals surface area (Å²) in [6.45, 7) is 2.06. The topological polar surface area (TPSA) is 67.0 Å². The highest BCUT2D eigenvalue weighted by atomic mass is 16.2. The number of anilines is 1. The third kappa shape index (κ3) is 3.62. The Hall–Kier alpha value is -4.03. The van der Waals surface area contributed by atoms with Crippen LogP contribution >= 0.6 is 0 Å². The van der Waals surface area contributed by atoms with Crippen molar-refractivity contribution in [2.24, 2.45) is 7.05 Å². The fraction of sp³-hybridized carbons (Fsp3) is 0.179. The zero-order valence-electron chi connectivity index (χ0n) is 19.2. The standard InChI is InChI=1S/C28H26N4O2/c1-20(33)26-29-18-25(31(26)2)30-27(34)24-19-32(24)28(21-12-6-3-7-13-21,22-14-8-4-9-15-22)23-16-10-5-11-17-23/h3-18,24H,19H2,1-2H3,(H,30,34)/t24-,32?/m1/s1. The summed E-state index contributed by atoms with van der Waals surface area (Å²) in [7, 11) is 1.73. The predicted molar refractivity (Wildman–Crippen MR) is 132 cm³/mol. The second kappa shape index (κ2) is 8.72. The molecule has 4 aromatic rings. The fourth-order valence-electron chi connectivity index (χ4n) is 4.83. The van der Waals surface area contributed by atoms with E-state index < -0.39 is 5.54 Å². The summed E-state index contributed by atoms with van der Waals surface area (Å²) >= 11 is 0. The minimum absolute atomic E-state index is 0.120. The Morgan fingerprint density at radius 1 is 0.853 bits per heavy atom. The summed E-state index contributed by atoms with van der Waals surface area (Å²) < 4.78 is 1.62. The maximum Gasteiger partial charge on any atom is 0.244 e. The van der Waals surface area contributed by atoms with Crippen molar-refractivity contribution in [2.45, 2.75) is 18.5 Å². The number of nitrogens with one attached hydrogen (secondary N) is 1. The number of aromatic nitrogens is 2. The molecule has 5 rings (SSSR count). The molecule has 1 aromatic heterocycles. The van der Waals surface area contributed by atoms with Crippen molar-refractivity contribution < 1.29 is 9.59 Å². The number of ketones is 1. The van der Waals surface area contributed by atoms with Crippen LogP contribution in [0, 0.1) is 0 Å². The number of hydrogen-bond donors (Lipinski definition) is 1. The predicted octanol–water partition coefficient (Wildman–Crippen LogP) is 4.24. The number of hydrogen-bond acceptors (Lipinski definition) is 4. The molecule has 1 N–H and O–H groups in total. The summed E-state index contributed by atoms with van der Waals surface area (Å²) in [5.41, 5.74) is 2.68. The highest BCUT2D eigenvalue weighted by molar-refractivity contribution is 5.97. The molecule has 1 aliphatic heterocycles. The molecule has 0 bridgehead atoms. The first-order chi connectivity index (χ1) is 16.5. The van der Waals surface area contributed by atoms with E-state index >= 15 is 0 Å². The lowest BCUT2D eigenvalue weighted by atomic mass is 9.76. The number of rotatable bonds is 7. The Morgan fingerprint density at radius 3 is 1.74 bits per heavy atom. The van der Waals surface area contributed by atoms with Gasteiger partial charge in [0.1, 0.15) is 11.9 Å². The lowest BCUT2D eigenvalue weighted by Gasteiger charge is -2.38. The molecule has 2 heterocycles. The molecule has 0 spiro atoms. The van der Waals surface area contributed by atoms with Gasteiger partial charge in [-0.2, -0.15) is 0 Å². The lowest BCUT2D eigenvalue weighted by Crippen LogP contribution is -2.40. The van der Waals surface area contributed by atoms with Gasteiger partial charge in [0.2, 0.25) is 5.91 Å². The second-order valence-electron chi connectivity index (χ2n) is 8.55. The van der Waals surface area contributed by atoms with Crippen molar-refractivity contribution in [1.82, 2.24) is 14.5 Å². The second-order valence-corrected chi connectivity index (χ2v) is 8.55. The van der Waals surface area contributed by atoms with Gasteiger partial charge in [-0.15, -0.1) is 0 Å². The van der Waals surface area contributed by atoms with Crippen LogP contribution in [-0.2, 0) is 17.4 Å². The van der Waals surface area contributed by atoms with Gasteiger partial charge < -0.3 is 9.88 Å². The monoisotopic (exact) mass is 450 g/mol. The highest BCUT2D eigenvalue weighted by Crippen LogP contribution is 2.48. The number of amides is 1. The van der Waals surface area contributed by atoms with Crippen LogP contribution in [0.15, 0.2) is 97.2 Å². The van der Waals surface area contributed by atoms with Gasteiger partial charge in [0.15, 0.2) is 11.6 Å². The summed E-state index contributed by atoms with van der Waals surface area (Å²) in [6, 6.07) is 30.6. The van der Waals surface area contributed by atoms with Gasteiger partial charge in [-0.1, -0.05) is 91.0 Å². The van der Waals surface area contributed by atoms with E-state index in [1.807, 2.05) is 54.6 Å². The van der Waals surface area contributed by atoms with E-state index in [1.54, 1.807) is 11.6 Å². The molecule has 1 fully saturated rings. The zero-order valence-corrected chi connectivity index (χ0v) is 19.2. The van der Waals surface area contributed by atoms with Crippen LogP contribution in [0.3, 0.4) is 0 Å². The number of carbonyl (C=O) groups is 2. The van der Waals surface area contributed by atoms with Gasteiger partial charge >= 0.3 is 0 Å². The quantitative estimate of drug-likeness (QED) is 0.260. The largest absolute Gasteiger partial charge is 0.311 e. The molecule has 6 heteroatoms. The first-order valence-electron chi connectivity index (χ1n) is 11.3. The van der Waals surface area contributed by atoms with E-state index in [-0.39, 0.29) is 17.7 Å². The van der Waals surface area contributed by atoms with Crippen LogP contribution in [0.25, 0.3) is 0 Å². The molecular formula is C28H26N4O2. The Balaban J connectivity index is 1.56. The average molecular weight is 451 g/mol. The van der Waals surface area contributed by atoms with Crippen molar-refractivity contribution >= 4 is 17.5 Å². The Labute approximate surface area is 198 Å². The Bertz CT molecular complexity index is 1220. The molecule has 6 nitrogen and oxygen atoms in total. The van der Waals surface area contributed by atoms with E-state index in [0.29, 0.717) is 18.2 Å². The van der Waals surface area contributed by atoms with Crippen LogP contribution in [0.1, 0.15) is 34.2 Å². The molecule has 34 heavy (non-hydrogen) atoms. The molecule has 1 amide bonds. The molecule has 3 aromatic carbocycles. The number of carbonyl (C=O) groups excluding carboxylic acids is 2. The van der Waals surface area contributed by atoms with Crippen molar-refractivity contribution in [3.8, 4) is 0 Å². The molecule has 1 saturated heterocycles. The summed E-state index contributed by atoms with van der Waals surface area (Å²) in [5.74, 6) is 0.555. The molecular weight excluding hydrogens is 424 g/mol. The van der Waals surface area contributed by atoms with E-state index in [9.17, 15) is 9.59 Å². The normalized spacial score (nSPS) is 17.2.